The number of hydrogen-bond donors (Lipinski definition) is 1. The summed E-state index contributed by atoms with van der Waals surface area (Å²) in [5.41, 5.74) is 8.13. The lowest BCUT2D eigenvalue weighted by Crippen LogP contribution is -2.35. The first-order valence-corrected chi connectivity index (χ1v) is 7.64. The number of halogens is 1. The average molecular weight is 281 g/mol. The molecule has 0 aliphatic heterocycles. The van der Waals surface area contributed by atoms with Gasteiger partial charge in [-0.2, -0.15) is 0 Å². The van der Waals surface area contributed by atoms with Crippen LogP contribution < -0.4 is 10.6 Å². The molecule has 1 aliphatic rings. The Morgan fingerprint density at radius 2 is 2.11 bits per heavy atom. The monoisotopic (exact) mass is 280 g/mol. The number of hydrogen-bond acceptors (Lipinski definition) is 2. The Morgan fingerprint density at radius 1 is 1.37 bits per heavy atom. The molecule has 0 aromatic heterocycles. The van der Waals surface area contributed by atoms with Crippen LogP contribution in [-0.2, 0) is 0 Å². The van der Waals surface area contributed by atoms with Crippen molar-refractivity contribution in [2.45, 2.75) is 51.6 Å². The van der Waals surface area contributed by atoms with E-state index in [2.05, 4.69) is 37.1 Å². The molecule has 3 unspecified atom stereocenters. The predicted molar refractivity (Wildman–Crippen MR) is 83.9 cm³/mol. The molecule has 2 rings (SSSR count). The molecule has 3 heteroatoms. The van der Waals surface area contributed by atoms with Gasteiger partial charge in [-0.3, -0.25) is 0 Å². The minimum absolute atomic E-state index is 0.0124. The molecule has 1 aliphatic carbocycles. The number of benzene rings is 1. The molecule has 1 aromatic carbocycles. The Bertz CT molecular complexity index is 431. The Morgan fingerprint density at radius 3 is 2.68 bits per heavy atom. The second-order valence-corrected chi connectivity index (χ2v) is 6.44. The fourth-order valence-corrected chi connectivity index (χ4v) is 3.42. The first-order valence-electron chi connectivity index (χ1n) is 7.27. The lowest BCUT2D eigenvalue weighted by atomic mass is 9.86. The van der Waals surface area contributed by atoms with Crippen molar-refractivity contribution in [3.05, 3.63) is 28.8 Å². The van der Waals surface area contributed by atoms with Crippen molar-refractivity contribution in [3.63, 3.8) is 0 Å². The van der Waals surface area contributed by atoms with E-state index in [1.807, 2.05) is 6.92 Å². The van der Waals surface area contributed by atoms with Crippen molar-refractivity contribution in [2.75, 3.05) is 11.9 Å². The summed E-state index contributed by atoms with van der Waals surface area (Å²) in [6.07, 6.45) is 5.27. The van der Waals surface area contributed by atoms with Crippen molar-refractivity contribution in [2.24, 2.45) is 11.7 Å². The maximum absolute atomic E-state index is 6.33. The molecule has 2 N–H and O–H groups in total. The summed E-state index contributed by atoms with van der Waals surface area (Å²) in [6.45, 7) is 4.32. The second-order valence-electron chi connectivity index (χ2n) is 6.03. The zero-order chi connectivity index (χ0) is 14.0. The molecule has 1 aromatic rings. The van der Waals surface area contributed by atoms with Crippen LogP contribution >= 0.6 is 11.6 Å². The minimum Gasteiger partial charge on any atom is -0.372 e. The third kappa shape index (κ3) is 3.43. The zero-order valence-electron chi connectivity index (χ0n) is 12.2. The van der Waals surface area contributed by atoms with E-state index in [9.17, 15) is 0 Å². The van der Waals surface area contributed by atoms with Gasteiger partial charge in [0, 0.05) is 29.8 Å². The summed E-state index contributed by atoms with van der Waals surface area (Å²) in [5.74, 6) is 0.833. The van der Waals surface area contributed by atoms with Gasteiger partial charge in [-0.15, -0.1) is 0 Å². The fraction of sp³-hybridized carbons (Fsp3) is 0.625. The van der Waals surface area contributed by atoms with Crippen LogP contribution in [0, 0.1) is 5.92 Å². The highest BCUT2D eigenvalue weighted by Gasteiger charge is 2.23. The van der Waals surface area contributed by atoms with Gasteiger partial charge in [0.25, 0.3) is 0 Å². The summed E-state index contributed by atoms with van der Waals surface area (Å²) in [7, 11) is 2.18. The number of anilines is 1. The van der Waals surface area contributed by atoms with Gasteiger partial charge >= 0.3 is 0 Å². The molecule has 0 saturated heterocycles. The van der Waals surface area contributed by atoms with E-state index in [4.69, 9.17) is 17.3 Å². The summed E-state index contributed by atoms with van der Waals surface area (Å²) in [4.78, 5) is 2.38. The third-order valence-corrected chi connectivity index (χ3v) is 4.67. The molecule has 0 heterocycles. The van der Waals surface area contributed by atoms with Gasteiger partial charge in [0.05, 0.1) is 0 Å². The molecule has 19 heavy (non-hydrogen) atoms. The van der Waals surface area contributed by atoms with Crippen LogP contribution in [0.15, 0.2) is 18.2 Å². The van der Waals surface area contributed by atoms with Crippen LogP contribution in [0.2, 0.25) is 5.02 Å². The van der Waals surface area contributed by atoms with E-state index in [1.165, 1.54) is 31.4 Å². The molecular weight excluding hydrogens is 256 g/mol. The molecule has 1 saturated carbocycles. The van der Waals surface area contributed by atoms with Crippen LogP contribution in [0.4, 0.5) is 5.69 Å². The van der Waals surface area contributed by atoms with Gasteiger partial charge in [0.2, 0.25) is 0 Å². The van der Waals surface area contributed by atoms with E-state index in [1.54, 1.807) is 0 Å². The van der Waals surface area contributed by atoms with E-state index in [-0.39, 0.29) is 6.04 Å². The molecule has 3 atom stereocenters. The van der Waals surface area contributed by atoms with Crippen molar-refractivity contribution in [3.8, 4) is 0 Å². The molecule has 0 radical (unpaired) electrons. The SMILES string of the molecule is CC1CCCC(N(C)c2ccc(C(C)N)c(Cl)c2)C1. The first kappa shape index (κ1) is 14.7. The number of nitrogens with two attached hydrogens (primary N) is 1. The largest absolute Gasteiger partial charge is 0.372 e. The van der Waals surface area contributed by atoms with E-state index in [0.29, 0.717) is 6.04 Å². The van der Waals surface area contributed by atoms with E-state index in [0.717, 1.165) is 16.5 Å². The highest BCUT2D eigenvalue weighted by molar-refractivity contribution is 6.31. The lowest BCUT2D eigenvalue weighted by molar-refractivity contribution is 0.336. The van der Waals surface area contributed by atoms with Crippen LogP contribution in [0.1, 0.15) is 51.1 Å². The van der Waals surface area contributed by atoms with Gasteiger partial charge in [0.1, 0.15) is 0 Å². The van der Waals surface area contributed by atoms with Gasteiger partial charge in [-0.1, -0.05) is 37.4 Å². The Hall–Kier alpha value is -0.730. The fourth-order valence-electron chi connectivity index (χ4n) is 3.07. The molecule has 0 bridgehead atoms. The van der Waals surface area contributed by atoms with Crippen LogP contribution in [0.5, 0.6) is 0 Å². The van der Waals surface area contributed by atoms with Crippen molar-refractivity contribution >= 4 is 17.3 Å². The normalized spacial score (nSPS) is 25.1. The number of nitrogens with zero attached hydrogens (tertiary/aromatic N) is 1. The lowest BCUT2D eigenvalue weighted by Gasteiger charge is -2.35. The summed E-state index contributed by atoms with van der Waals surface area (Å²) in [5, 5.41) is 0.781. The highest BCUT2D eigenvalue weighted by Crippen LogP contribution is 2.32. The van der Waals surface area contributed by atoms with E-state index >= 15 is 0 Å². The Labute approximate surface area is 121 Å². The molecule has 0 amide bonds. The average Bonchev–Trinajstić information content (AvgIpc) is 2.37. The topological polar surface area (TPSA) is 29.3 Å². The highest BCUT2D eigenvalue weighted by atomic mass is 35.5. The standard InChI is InChI=1S/C16H25ClN2/c1-11-5-4-6-13(9-11)19(3)14-7-8-15(12(2)18)16(17)10-14/h7-8,10-13H,4-6,9,18H2,1-3H3. The van der Waals surface area contributed by atoms with Crippen molar-refractivity contribution < 1.29 is 0 Å². The van der Waals surface area contributed by atoms with Gasteiger partial charge in [-0.05, 0) is 43.4 Å². The number of rotatable bonds is 3. The summed E-state index contributed by atoms with van der Waals surface area (Å²) >= 11 is 6.33. The maximum Gasteiger partial charge on any atom is 0.0474 e. The Kier molecular flexibility index (Phi) is 4.75. The smallest absolute Gasteiger partial charge is 0.0474 e. The van der Waals surface area contributed by atoms with Crippen molar-refractivity contribution in [1.29, 1.82) is 0 Å². The van der Waals surface area contributed by atoms with Crippen molar-refractivity contribution in [1.82, 2.24) is 0 Å². The summed E-state index contributed by atoms with van der Waals surface area (Å²) in [6, 6.07) is 6.89. The van der Waals surface area contributed by atoms with Gasteiger partial charge < -0.3 is 10.6 Å². The quantitative estimate of drug-likeness (QED) is 0.890. The molecule has 0 spiro atoms. The molecule has 106 valence electrons. The molecule has 2 nitrogen and oxygen atoms in total. The van der Waals surface area contributed by atoms with Gasteiger partial charge in [-0.25, -0.2) is 0 Å². The summed E-state index contributed by atoms with van der Waals surface area (Å²) < 4.78 is 0. The third-order valence-electron chi connectivity index (χ3n) is 4.34. The molecule has 1 fully saturated rings. The minimum atomic E-state index is -0.0124. The Balaban J connectivity index is 2.15. The van der Waals surface area contributed by atoms with Gasteiger partial charge in [0.15, 0.2) is 0 Å². The van der Waals surface area contributed by atoms with Crippen LogP contribution in [0.25, 0.3) is 0 Å². The van der Waals surface area contributed by atoms with Crippen LogP contribution in [0.3, 0.4) is 0 Å². The van der Waals surface area contributed by atoms with Crippen LogP contribution in [-0.4, -0.2) is 13.1 Å². The maximum atomic E-state index is 6.33. The second kappa shape index (κ2) is 6.15. The first-order chi connectivity index (χ1) is 8.99. The zero-order valence-corrected chi connectivity index (χ0v) is 13.0. The molecular formula is C16H25ClN2. The predicted octanol–water partition coefficient (Wildman–Crippen LogP) is 4.37. The van der Waals surface area contributed by atoms with E-state index < -0.39 is 0 Å².